The molecule has 0 aliphatic carbocycles. The van der Waals surface area contributed by atoms with Crippen molar-refractivity contribution >= 4 is 21.6 Å². The minimum Gasteiger partial charge on any atom is -0.486 e. The summed E-state index contributed by atoms with van der Waals surface area (Å²) in [7, 11) is 0. The van der Waals surface area contributed by atoms with Crippen LogP contribution >= 0.6 is 15.9 Å². The maximum atomic E-state index is 5.56. The van der Waals surface area contributed by atoms with Crippen LogP contribution in [0.2, 0.25) is 0 Å². The van der Waals surface area contributed by atoms with E-state index in [0.29, 0.717) is 13.2 Å². The average molecular weight is 309 g/mol. The second-order valence-electron chi connectivity index (χ2n) is 4.05. The molecule has 2 N–H and O–H groups in total. The van der Waals surface area contributed by atoms with Crippen LogP contribution in [-0.4, -0.2) is 18.2 Å². The van der Waals surface area contributed by atoms with Crippen molar-refractivity contribution in [3.63, 3.8) is 0 Å². The highest BCUT2D eigenvalue weighted by Crippen LogP contribution is 2.38. The lowest BCUT2D eigenvalue weighted by Crippen LogP contribution is -2.15. The van der Waals surface area contributed by atoms with Crippen LogP contribution in [0, 0.1) is 0 Å². The number of fused-ring (bicyclic) bond motifs is 1. The smallest absolute Gasteiger partial charge is 0.163 e. The molecule has 0 fully saturated rings. The lowest BCUT2D eigenvalue weighted by atomic mass is 10.2. The molecule has 1 aromatic heterocycles. The van der Waals surface area contributed by atoms with Crippen LogP contribution in [-0.2, 0) is 6.54 Å². The SMILES string of the molecule is Brc1cc2c(cc1NCc1cc[nH]c1)OCCO2. The molecule has 18 heavy (non-hydrogen) atoms. The number of hydrogen-bond acceptors (Lipinski definition) is 3. The molecule has 3 rings (SSSR count). The fourth-order valence-electron chi connectivity index (χ4n) is 1.87. The van der Waals surface area contributed by atoms with Gasteiger partial charge in [-0.3, -0.25) is 0 Å². The summed E-state index contributed by atoms with van der Waals surface area (Å²) < 4.78 is 12.1. The number of H-pyrrole nitrogens is 1. The third kappa shape index (κ3) is 2.31. The van der Waals surface area contributed by atoms with Gasteiger partial charge >= 0.3 is 0 Å². The summed E-state index contributed by atoms with van der Waals surface area (Å²) in [6, 6.07) is 5.94. The number of hydrogen-bond donors (Lipinski definition) is 2. The molecule has 1 aromatic carbocycles. The Hall–Kier alpha value is -1.62. The quantitative estimate of drug-likeness (QED) is 0.915. The van der Waals surface area contributed by atoms with E-state index < -0.39 is 0 Å². The van der Waals surface area contributed by atoms with Crippen LogP contribution in [0.1, 0.15) is 5.56 Å². The van der Waals surface area contributed by atoms with Gasteiger partial charge in [-0.2, -0.15) is 0 Å². The van der Waals surface area contributed by atoms with Gasteiger partial charge in [0.2, 0.25) is 0 Å². The van der Waals surface area contributed by atoms with Crippen molar-refractivity contribution in [2.75, 3.05) is 18.5 Å². The van der Waals surface area contributed by atoms with Crippen LogP contribution in [0.4, 0.5) is 5.69 Å². The third-order valence-corrected chi connectivity index (χ3v) is 3.43. The van der Waals surface area contributed by atoms with Gasteiger partial charge in [-0.15, -0.1) is 0 Å². The lowest BCUT2D eigenvalue weighted by Gasteiger charge is -2.20. The average Bonchev–Trinajstić information content (AvgIpc) is 2.89. The fourth-order valence-corrected chi connectivity index (χ4v) is 2.33. The maximum absolute atomic E-state index is 5.56. The zero-order valence-electron chi connectivity index (χ0n) is 9.70. The fraction of sp³-hybridized carbons (Fsp3) is 0.231. The highest BCUT2D eigenvalue weighted by molar-refractivity contribution is 9.10. The number of benzene rings is 1. The molecule has 1 aliphatic rings. The Morgan fingerprint density at radius 1 is 1.22 bits per heavy atom. The van der Waals surface area contributed by atoms with Crippen molar-refractivity contribution in [1.29, 1.82) is 0 Å². The third-order valence-electron chi connectivity index (χ3n) is 2.78. The molecule has 0 bridgehead atoms. The molecule has 0 spiro atoms. The molecule has 0 atom stereocenters. The van der Waals surface area contributed by atoms with Crippen molar-refractivity contribution in [2.45, 2.75) is 6.54 Å². The minimum absolute atomic E-state index is 0.603. The molecule has 1 aliphatic heterocycles. The number of halogens is 1. The van der Waals surface area contributed by atoms with Crippen LogP contribution in [0.5, 0.6) is 11.5 Å². The molecule has 0 unspecified atom stereocenters. The van der Waals surface area contributed by atoms with Gasteiger partial charge in [0.1, 0.15) is 13.2 Å². The maximum Gasteiger partial charge on any atom is 0.163 e. The van der Waals surface area contributed by atoms with Crippen molar-refractivity contribution in [3.05, 3.63) is 40.6 Å². The van der Waals surface area contributed by atoms with Gasteiger partial charge in [-0.1, -0.05) is 0 Å². The van der Waals surface area contributed by atoms with E-state index in [0.717, 1.165) is 28.2 Å². The Bertz CT molecular complexity index is 540. The zero-order valence-corrected chi connectivity index (χ0v) is 11.3. The summed E-state index contributed by atoms with van der Waals surface area (Å²) in [5.74, 6) is 1.58. The molecule has 2 heterocycles. The topological polar surface area (TPSA) is 46.3 Å². The predicted molar refractivity (Wildman–Crippen MR) is 73.3 cm³/mol. The summed E-state index contributed by atoms with van der Waals surface area (Å²) in [5, 5.41) is 3.36. The molecule has 4 nitrogen and oxygen atoms in total. The van der Waals surface area contributed by atoms with E-state index >= 15 is 0 Å². The Balaban J connectivity index is 1.79. The number of anilines is 1. The normalized spacial score (nSPS) is 13.4. The number of ether oxygens (including phenoxy) is 2. The van der Waals surface area contributed by atoms with Crippen LogP contribution in [0.3, 0.4) is 0 Å². The Morgan fingerprint density at radius 3 is 2.72 bits per heavy atom. The summed E-state index contributed by atoms with van der Waals surface area (Å²) in [5.41, 5.74) is 2.21. The molecular weight excluding hydrogens is 296 g/mol. The van der Waals surface area contributed by atoms with Crippen LogP contribution in [0.25, 0.3) is 0 Å². The zero-order chi connectivity index (χ0) is 12.4. The largest absolute Gasteiger partial charge is 0.486 e. The highest BCUT2D eigenvalue weighted by atomic mass is 79.9. The Morgan fingerprint density at radius 2 is 2.00 bits per heavy atom. The summed E-state index contributed by atoms with van der Waals surface area (Å²) in [6.07, 6.45) is 3.88. The van der Waals surface area contributed by atoms with Crippen molar-refractivity contribution < 1.29 is 9.47 Å². The highest BCUT2D eigenvalue weighted by Gasteiger charge is 2.14. The number of aromatic nitrogens is 1. The van der Waals surface area contributed by atoms with E-state index in [2.05, 4.69) is 26.2 Å². The van der Waals surface area contributed by atoms with Crippen LogP contribution in [0.15, 0.2) is 35.1 Å². The molecule has 0 amide bonds. The summed E-state index contributed by atoms with van der Waals surface area (Å²) >= 11 is 3.53. The van der Waals surface area contributed by atoms with E-state index in [4.69, 9.17) is 9.47 Å². The van der Waals surface area contributed by atoms with Gasteiger partial charge in [0.15, 0.2) is 11.5 Å². The summed E-state index contributed by atoms with van der Waals surface area (Å²) in [6.45, 7) is 1.98. The lowest BCUT2D eigenvalue weighted by molar-refractivity contribution is 0.171. The van der Waals surface area contributed by atoms with Gasteiger partial charge < -0.3 is 19.8 Å². The van der Waals surface area contributed by atoms with E-state index in [1.807, 2.05) is 30.6 Å². The van der Waals surface area contributed by atoms with Gasteiger partial charge in [-0.25, -0.2) is 0 Å². The van der Waals surface area contributed by atoms with E-state index in [-0.39, 0.29) is 0 Å². The first kappa shape index (κ1) is 11.5. The molecule has 0 saturated heterocycles. The molecule has 94 valence electrons. The van der Waals surface area contributed by atoms with E-state index in [1.54, 1.807) is 0 Å². The van der Waals surface area contributed by atoms with Crippen molar-refractivity contribution in [2.24, 2.45) is 0 Å². The molecular formula is C13H13BrN2O2. The first-order valence-electron chi connectivity index (χ1n) is 5.77. The Labute approximate surface area is 113 Å². The van der Waals surface area contributed by atoms with Crippen molar-refractivity contribution in [1.82, 2.24) is 4.98 Å². The minimum atomic E-state index is 0.603. The molecule has 0 saturated carbocycles. The van der Waals surface area contributed by atoms with E-state index in [1.165, 1.54) is 5.56 Å². The number of rotatable bonds is 3. The second-order valence-corrected chi connectivity index (χ2v) is 4.90. The van der Waals surface area contributed by atoms with Gasteiger partial charge in [0.25, 0.3) is 0 Å². The molecule has 2 aromatic rings. The predicted octanol–water partition coefficient (Wildman–Crippen LogP) is 3.16. The van der Waals surface area contributed by atoms with Crippen LogP contribution < -0.4 is 14.8 Å². The monoisotopic (exact) mass is 308 g/mol. The van der Waals surface area contributed by atoms with E-state index in [9.17, 15) is 0 Å². The van der Waals surface area contributed by atoms with Gasteiger partial charge in [0, 0.05) is 35.5 Å². The number of nitrogens with one attached hydrogen (secondary N) is 2. The summed E-state index contributed by atoms with van der Waals surface area (Å²) in [4.78, 5) is 3.03. The Kier molecular flexibility index (Phi) is 3.15. The first-order chi connectivity index (χ1) is 8.83. The van der Waals surface area contributed by atoms with Gasteiger partial charge in [0.05, 0.1) is 5.69 Å². The number of aromatic amines is 1. The molecule has 5 heteroatoms. The second kappa shape index (κ2) is 4.94. The molecule has 0 radical (unpaired) electrons. The van der Waals surface area contributed by atoms with Gasteiger partial charge in [-0.05, 0) is 27.6 Å². The van der Waals surface area contributed by atoms with Crippen molar-refractivity contribution in [3.8, 4) is 11.5 Å². The standard InChI is InChI=1S/C13H13BrN2O2/c14-10-5-12-13(18-4-3-17-12)6-11(10)16-8-9-1-2-15-7-9/h1-2,5-7,15-16H,3-4,8H2. The first-order valence-corrected chi connectivity index (χ1v) is 6.57.